The molecule has 0 N–H and O–H groups in total. The molecule has 2 aliphatic heterocycles. The predicted molar refractivity (Wildman–Crippen MR) is 60.9 cm³/mol. The summed E-state index contributed by atoms with van der Waals surface area (Å²) in [4.78, 5) is 16.1. The first-order valence-corrected chi connectivity index (χ1v) is 6.18. The Morgan fingerprint density at radius 2 is 1.87 bits per heavy atom. The molecule has 2 atom stereocenters. The lowest BCUT2D eigenvalue weighted by Gasteiger charge is -2.40. The van der Waals surface area contributed by atoms with E-state index in [1.54, 1.807) is 6.92 Å². The van der Waals surface area contributed by atoms with E-state index in [0.717, 1.165) is 25.0 Å². The predicted octanol–water partition coefficient (Wildman–Crippen LogP) is 1.13. The highest BCUT2D eigenvalue weighted by molar-refractivity contribution is 5.75. The molecule has 2 saturated heterocycles. The monoisotopic (exact) mass is 210 g/mol. The van der Waals surface area contributed by atoms with E-state index in [1.165, 1.54) is 32.5 Å². The number of Topliss-reactive ketones (excluding diaryl/α,β-unsaturated/α-hetero) is 1. The summed E-state index contributed by atoms with van der Waals surface area (Å²) < 4.78 is 0. The summed E-state index contributed by atoms with van der Waals surface area (Å²) in [7, 11) is 0. The van der Waals surface area contributed by atoms with E-state index in [2.05, 4.69) is 16.7 Å². The minimum absolute atomic E-state index is 0.326. The molecule has 3 nitrogen and oxygen atoms in total. The first-order valence-electron chi connectivity index (χ1n) is 6.18. The first-order chi connectivity index (χ1) is 7.20. The standard InChI is InChI=1S/C12H22N2O/c1-3-13-8-11-4-5-12(9-13)14(11)7-6-10(2)15/h11-12H,3-9H2,1-2H3. The molecular weight excluding hydrogens is 188 g/mol. The minimum Gasteiger partial charge on any atom is -0.301 e. The molecular formula is C12H22N2O. The number of ketones is 1. The van der Waals surface area contributed by atoms with Crippen LogP contribution in [-0.2, 0) is 4.79 Å². The second kappa shape index (κ2) is 4.62. The Morgan fingerprint density at radius 3 is 2.33 bits per heavy atom. The van der Waals surface area contributed by atoms with Gasteiger partial charge in [-0.05, 0) is 26.3 Å². The van der Waals surface area contributed by atoms with E-state index in [4.69, 9.17) is 0 Å². The SMILES string of the molecule is CCN1CC2CCC(C1)N2CCC(C)=O. The number of carbonyl (C=O) groups is 1. The molecule has 0 aromatic heterocycles. The van der Waals surface area contributed by atoms with Gasteiger partial charge in [0.2, 0.25) is 0 Å². The quantitative estimate of drug-likeness (QED) is 0.695. The van der Waals surface area contributed by atoms with Crippen LogP contribution in [0.1, 0.15) is 33.1 Å². The van der Waals surface area contributed by atoms with Crippen molar-refractivity contribution in [2.45, 2.75) is 45.2 Å². The van der Waals surface area contributed by atoms with Crippen LogP contribution < -0.4 is 0 Å². The number of nitrogens with zero attached hydrogens (tertiary/aromatic N) is 2. The summed E-state index contributed by atoms with van der Waals surface area (Å²) in [5, 5.41) is 0. The second-order valence-corrected chi connectivity index (χ2v) is 4.93. The van der Waals surface area contributed by atoms with Crippen molar-refractivity contribution in [3.63, 3.8) is 0 Å². The maximum atomic E-state index is 11.0. The zero-order valence-electron chi connectivity index (χ0n) is 9.91. The smallest absolute Gasteiger partial charge is 0.131 e. The molecule has 0 saturated carbocycles. The normalized spacial score (nSPS) is 32.1. The number of likely N-dealkylation sites (N-methyl/N-ethyl adjacent to an activating group) is 1. The van der Waals surface area contributed by atoms with Crippen LogP contribution >= 0.6 is 0 Å². The van der Waals surface area contributed by atoms with E-state index < -0.39 is 0 Å². The number of carbonyl (C=O) groups excluding carboxylic acids is 1. The number of piperazine rings is 1. The number of rotatable bonds is 4. The molecule has 0 aliphatic carbocycles. The van der Waals surface area contributed by atoms with Gasteiger partial charge in [-0.15, -0.1) is 0 Å². The molecule has 2 aliphatic rings. The topological polar surface area (TPSA) is 23.6 Å². The lowest BCUT2D eigenvalue weighted by Crippen LogP contribution is -2.53. The lowest BCUT2D eigenvalue weighted by atomic mass is 10.1. The highest BCUT2D eigenvalue weighted by Gasteiger charge is 2.38. The van der Waals surface area contributed by atoms with Gasteiger partial charge in [0.15, 0.2) is 0 Å². The molecule has 86 valence electrons. The average molecular weight is 210 g/mol. The molecule has 0 amide bonds. The van der Waals surface area contributed by atoms with E-state index in [0.29, 0.717) is 5.78 Å². The van der Waals surface area contributed by atoms with Gasteiger partial charge in [0.1, 0.15) is 5.78 Å². The van der Waals surface area contributed by atoms with Gasteiger partial charge in [-0.3, -0.25) is 9.69 Å². The Labute approximate surface area is 92.4 Å². The van der Waals surface area contributed by atoms with Gasteiger partial charge in [0, 0.05) is 38.1 Å². The van der Waals surface area contributed by atoms with Gasteiger partial charge in [0.25, 0.3) is 0 Å². The first kappa shape index (κ1) is 11.1. The van der Waals surface area contributed by atoms with E-state index in [9.17, 15) is 4.79 Å². The van der Waals surface area contributed by atoms with Gasteiger partial charge in [-0.2, -0.15) is 0 Å². The van der Waals surface area contributed by atoms with Crippen LogP contribution in [0.4, 0.5) is 0 Å². The summed E-state index contributed by atoms with van der Waals surface area (Å²) in [5.74, 6) is 0.326. The number of fused-ring (bicyclic) bond motifs is 2. The van der Waals surface area contributed by atoms with Crippen molar-refractivity contribution in [1.29, 1.82) is 0 Å². The van der Waals surface area contributed by atoms with E-state index in [-0.39, 0.29) is 0 Å². The summed E-state index contributed by atoms with van der Waals surface area (Å²) in [6.07, 6.45) is 3.40. The maximum absolute atomic E-state index is 11.0. The van der Waals surface area contributed by atoms with Crippen molar-refractivity contribution < 1.29 is 4.79 Å². The molecule has 2 fully saturated rings. The van der Waals surface area contributed by atoms with Crippen LogP contribution in [0.25, 0.3) is 0 Å². The van der Waals surface area contributed by atoms with Crippen molar-refractivity contribution in [2.75, 3.05) is 26.2 Å². The van der Waals surface area contributed by atoms with Crippen LogP contribution in [0.5, 0.6) is 0 Å². The molecule has 2 bridgehead atoms. The fourth-order valence-electron chi connectivity index (χ4n) is 2.99. The summed E-state index contributed by atoms with van der Waals surface area (Å²) in [6.45, 7) is 8.53. The Balaban J connectivity index is 1.90. The van der Waals surface area contributed by atoms with Gasteiger partial charge in [0.05, 0.1) is 0 Å². The molecule has 0 spiro atoms. The summed E-state index contributed by atoms with van der Waals surface area (Å²) in [5.41, 5.74) is 0. The van der Waals surface area contributed by atoms with Crippen molar-refractivity contribution in [3.05, 3.63) is 0 Å². The van der Waals surface area contributed by atoms with Gasteiger partial charge in [-0.25, -0.2) is 0 Å². The molecule has 2 unspecified atom stereocenters. The summed E-state index contributed by atoms with van der Waals surface area (Å²) in [6, 6.07) is 1.45. The Bertz CT molecular complexity index is 228. The molecule has 15 heavy (non-hydrogen) atoms. The van der Waals surface area contributed by atoms with Crippen molar-refractivity contribution >= 4 is 5.78 Å². The number of hydrogen-bond acceptors (Lipinski definition) is 3. The number of hydrogen-bond donors (Lipinski definition) is 0. The second-order valence-electron chi connectivity index (χ2n) is 4.93. The summed E-state index contributed by atoms with van der Waals surface area (Å²) >= 11 is 0. The fraction of sp³-hybridized carbons (Fsp3) is 0.917. The molecule has 2 heterocycles. The van der Waals surface area contributed by atoms with Crippen LogP contribution in [0.15, 0.2) is 0 Å². The van der Waals surface area contributed by atoms with Gasteiger partial charge < -0.3 is 4.90 Å². The van der Waals surface area contributed by atoms with Crippen LogP contribution in [-0.4, -0.2) is 53.8 Å². The molecule has 3 heteroatoms. The third-order valence-electron chi connectivity index (χ3n) is 3.88. The van der Waals surface area contributed by atoms with Gasteiger partial charge in [-0.1, -0.05) is 6.92 Å². The van der Waals surface area contributed by atoms with Crippen molar-refractivity contribution in [1.82, 2.24) is 9.80 Å². The van der Waals surface area contributed by atoms with E-state index >= 15 is 0 Å². The van der Waals surface area contributed by atoms with E-state index in [1.807, 2.05) is 0 Å². The highest BCUT2D eigenvalue weighted by atomic mass is 16.1. The van der Waals surface area contributed by atoms with Crippen LogP contribution in [0.3, 0.4) is 0 Å². The Hall–Kier alpha value is -0.410. The Morgan fingerprint density at radius 1 is 1.27 bits per heavy atom. The zero-order chi connectivity index (χ0) is 10.8. The molecule has 0 radical (unpaired) electrons. The zero-order valence-corrected chi connectivity index (χ0v) is 9.91. The minimum atomic E-state index is 0.326. The van der Waals surface area contributed by atoms with Crippen LogP contribution in [0, 0.1) is 0 Å². The maximum Gasteiger partial charge on any atom is 0.131 e. The average Bonchev–Trinajstić information content (AvgIpc) is 2.46. The third-order valence-corrected chi connectivity index (χ3v) is 3.88. The molecule has 2 rings (SSSR count). The largest absolute Gasteiger partial charge is 0.301 e. The molecule has 0 aromatic rings. The van der Waals surface area contributed by atoms with Crippen molar-refractivity contribution in [2.24, 2.45) is 0 Å². The third kappa shape index (κ3) is 2.40. The van der Waals surface area contributed by atoms with Gasteiger partial charge >= 0.3 is 0 Å². The highest BCUT2D eigenvalue weighted by Crippen LogP contribution is 2.29. The van der Waals surface area contributed by atoms with Crippen LogP contribution in [0.2, 0.25) is 0 Å². The van der Waals surface area contributed by atoms with Crippen molar-refractivity contribution in [3.8, 4) is 0 Å². The number of likely N-dealkylation sites (tertiary alicyclic amines) is 1. The Kier molecular flexibility index (Phi) is 3.42. The lowest BCUT2D eigenvalue weighted by molar-refractivity contribution is -0.117. The molecule has 0 aromatic carbocycles. The fourth-order valence-corrected chi connectivity index (χ4v) is 2.99.